The standard InChI is InChI=1S/C16H14F3NO2/c17-14-4-2-1-3-12(14)9-15(21)20-10-11-5-7-13(8-6-11)22-16(18)19/h1-8,16H,9-10H2,(H,20,21). The summed E-state index contributed by atoms with van der Waals surface area (Å²) < 4.78 is 41.6. The first-order valence-electron chi connectivity index (χ1n) is 6.58. The van der Waals surface area contributed by atoms with Gasteiger partial charge in [-0.05, 0) is 29.3 Å². The van der Waals surface area contributed by atoms with Crippen LogP contribution in [0, 0.1) is 5.82 Å². The molecule has 1 N–H and O–H groups in total. The van der Waals surface area contributed by atoms with Crippen molar-refractivity contribution in [3.05, 3.63) is 65.5 Å². The lowest BCUT2D eigenvalue weighted by Crippen LogP contribution is -2.24. The molecule has 0 radical (unpaired) electrons. The fourth-order valence-corrected chi connectivity index (χ4v) is 1.87. The third-order valence-corrected chi connectivity index (χ3v) is 2.95. The van der Waals surface area contributed by atoms with Crippen LogP contribution in [-0.2, 0) is 17.8 Å². The first-order chi connectivity index (χ1) is 10.5. The first kappa shape index (κ1) is 15.9. The molecule has 0 aliphatic rings. The molecule has 0 spiro atoms. The summed E-state index contributed by atoms with van der Waals surface area (Å²) in [5.74, 6) is -0.694. The molecule has 0 heterocycles. The van der Waals surface area contributed by atoms with E-state index in [0.717, 1.165) is 5.56 Å². The molecule has 0 aliphatic carbocycles. The first-order valence-corrected chi connectivity index (χ1v) is 6.58. The number of carbonyl (C=O) groups is 1. The van der Waals surface area contributed by atoms with Crippen LogP contribution in [0.3, 0.4) is 0 Å². The summed E-state index contributed by atoms with van der Waals surface area (Å²) in [5, 5.41) is 2.64. The lowest BCUT2D eigenvalue weighted by atomic mass is 10.1. The number of hydrogen-bond donors (Lipinski definition) is 1. The summed E-state index contributed by atoms with van der Waals surface area (Å²) >= 11 is 0. The van der Waals surface area contributed by atoms with Crippen LogP contribution >= 0.6 is 0 Å². The van der Waals surface area contributed by atoms with Gasteiger partial charge in [0.05, 0.1) is 6.42 Å². The number of amides is 1. The molecule has 2 aromatic rings. The summed E-state index contributed by atoms with van der Waals surface area (Å²) in [6.45, 7) is -2.64. The van der Waals surface area contributed by atoms with Gasteiger partial charge in [0.2, 0.25) is 5.91 Å². The van der Waals surface area contributed by atoms with Gasteiger partial charge in [-0.2, -0.15) is 8.78 Å². The Morgan fingerprint density at radius 2 is 1.77 bits per heavy atom. The highest BCUT2D eigenvalue weighted by molar-refractivity contribution is 5.78. The van der Waals surface area contributed by atoms with Crippen LogP contribution in [0.2, 0.25) is 0 Å². The summed E-state index contributed by atoms with van der Waals surface area (Å²) in [6.07, 6.45) is -0.0563. The molecular weight excluding hydrogens is 295 g/mol. The highest BCUT2D eigenvalue weighted by Crippen LogP contribution is 2.15. The number of rotatable bonds is 6. The second-order valence-electron chi connectivity index (χ2n) is 4.57. The largest absolute Gasteiger partial charge is 0.435 e. The smallest absolute Gasteiger partial charge is 0.387 e. The number of alkyl halides is 2. The maximum absolute atomic E-state index is 13.4. The molecule has 2 rings (SSSR count). The molecule has 22 heavy (non-hydrogen) atoms. The minimum absolute atomic E-state index is 0.0523. The summed E-state index contributed by atoms with van der Waals surface area (Å²) in [5.41, 5.74) is 1.05. The zero-order chi connectivity index (χ0) is 15.9. The fourth-order valence-electron chi connectivity index (χ4n) is 1.87. The van der Waals surface area contributed by atoms with Crippen molar-refractivity contribution in [3.8, 4) is 5.75 Å². The number of ether oxygens (including phenoxy) is 1. The predicted octanol–water partition coefficient (Wildman–Crippen LogP) is 3.29. The molecule has 0 atom stereocenters. The Kier molecular flexibility index (Phi) is 5.41. The van der Waals surface area contributed by atoms with Crippen LogP contribution in [0.1, 0.15) is 11.1 Å². The van der Waals surface area contributed by atoms with Crippen LogP contribution < -0.4 is 10.1 Å². The number of carbonyl (C=O) groups excluding carboxylic acids is 1. The second-order valence-corrected chi connectivity index (χ2v) is 4.57. The van der Waals surface area contributed by atoms with E-state index in [1.165, 1.54) is 18.2 Å². The Balaban J connectivity index is 1.85. The Morgan fingerprint density at radius 3 is 2.41 bits per heavy atom. The fraction of sp³-hybridized carbons (Fsp3) is 0.188. The highest BCUT2D eigenvalue weighted by atomic mass is 19.3. The Labute approximate surface area is 125 Å². The van der Waals surface area contributed by atoms with Gasteiger partial charge >= 0.3 is 6.61 Å². The lowest BCUT2D eigenvalue weighted by molar-refractivity contribution is -0.120. The molecule has 3 nitrogen and oxygen atoms in total. The third-order valence-electron chi connectivity index (χ3n) is 2.95. The average molecular weight is 309 g/mol. The van der Waals surface area contributed by atoms with Gasteiger partial charge < -0.3 is 10.1 Å². The van der Waals surface area contributed by atoms with Crippen molar-refractivity contribution in [2.45, 2.75) is 19.6 Å². The van der Waals surface area contributed by atoms with Gasteiger partial charge in [0.25, 0.3) is 0 Å². The van der Waals surface area contributed by atoms with Gasteiger partial charge in [-0.3, -0.25) is 4.79 Å². The van der Waals surface area contributed by atoms with E-state index in [1.807, 2.05) is 0 Å². The summed E-state index contributed by atoms with van der Waals surface area (Å²) in [4.78, 5) is 11.7. The van der Waals surface area contributed by atoms with Gasteiger partial charge in [0, 0.05) is 6.54 Å². The quantitative estimate of drug-likeness (QED) is 0.889. The van der Waals surface area contributed by atoms with Crippen molar-refractivity contribution in [1.29, 1.82) is 0 Å². The topological polar surface area (TPSA) is 38.3 Å². The van der Waals surface area contributed by atoms with E-state index in [0.29, 0.717) is 5.56 Å². The molecule has 0 fully saturated rings. The molecule has 0 aromatic heterocycles. The maximum atomic E-state index is 13.4. The highest BCUT2D eigenvalue weighted by Gasteiger charge is 2.08. The molecule has 2 aromatic carbocycles. The monoisotopic (exact) mass is 309 g/mol. The molecule has 0 unspecified atom stereocenters. The van der Waals surface area contributed by atoms with E-state index in [9.17, 15) is 18.0 Å². The van der Waals surface area contributed by atoms with Gasteiger partial charge in [0.1, 0.15) is 11.6 Å². The summed E-state index contributed by atoms with van der Waals surface area (Å²) in [6, 6.07) is 12.0. The average Bonchev–Trinajstić information content (AvgIpc) is 2.48. The molecule has 6 heteroatoms. The van der Waals surface area contributed by atoms with E-state index in [-0.39, 0.29) is 24.6 Å². The van der Waals surface area contributed by atoms with Gasteiger partial charge in [0.15, 0.2) is 0 Å². The number of nitrogens with one attached hydrogen (secondary N) is 1. The molecule has 0 saturated heterocycles. The van der Waals surface area contributed by atoms with Gasteiger partial charge in [-0.1, -0.05) is 30.3 Å². The number of halogens is 3. The molecule has 0 aliphatic heterocycles. The molecule has 1 amide bonds. The van der Waals surface area contributed by atoms with E-state index in [2.05, 4.69) is 10.1 Å². The summed E-state index contributed by atoms with van der Waals surface area (Å²) in [7, 11) is 0. The van der Waals surface area contributed by atoms with Crippen molar-refractivity contribution in [2.24, 2.45) is 0 Å². The Morgan fingerprint density at radius 1 is 1.09 bits per heavy atom. The zero-order valence-electron chi connectivity index (χ0n) is 11.6. The normalized spacial score (nSPS) is 10.5. The zero-order valence-corrected chi connectivity index (χ0v) is 11.6. The van der Waals surface area contributed by atoms with Crippen LogP contribution in [-0.4, -0.2) is 12.5 Å². The van der Waals surface area contributed by atoms with Crippen molar-refractivity contribution < 1.29 is 22.7 Å². The van der Waals surface area contributed by atoms with Crippen molar-refractivity contribution in [3.63, 3.8) is 0 Å². The van der Waals surface area contributed by atoms with E-state index in [1.54, 1.807) is 30.3 Å². The van der Waals surface area contributed by atoms with E-state index < -0.39 is 12.4 Å². The van der Waals surface area contributed by atoms with Gasteiger partial charge in [-0.25, -0.2) is 4.39 Å². The Bertz CT molecular complexity index is 630. The molecular formula is C16H14F3NO2. The van der Waals surface area contributed by atoms with Crippen molar-refractivity contribution in [1.82, 2.24) is 5.32 Å². The van der Waals surface area contributed by atoms with Crippen molar-refractivity contribution >= 4 is 5.91 Å². The SMILES string of the molecule is O=C(Cc1ccccc1F)NCc1ccc(OC(F)F)cc1. The molecule has 116 valence electrons. The van der Waals surface area contributed by atoms with E-state index >= 15 is 0 Å². The van der Waals surface area contributed by atoms with Crippen LogP contribution in [0.15, 0.2) is 48.5 Å². The minimum atomic E-state index is -2.87. The van der Waals surface area contributed by atoms with Crippen LogP contribution in [0.5, 0.6) is 5.75 Å². The maximum Gasteiger partial charge on any atom is 0.387 e. The number of benzene rings is 2. The lowest BCUT2D eigenvalue weighted by Gasteiger charge is -2.08. The molecule has 0 saturated carbocycles. The Hall–Kier alpha value is -2.50. The number of hydrogen-bond acceptors (Lipinski definition) is 2. The predicted molar refractivity (Wildman–Crippen MR) is 75.0 cm³/mol. The third kappa shape index (κ3) is 4.80. The second kappa shape index (κ2) is 7.49. The van der Waals surface area contributed by atoms with Crippen LogP contribution in [0.4, 0.5) is 13.2 Å². The van der Waals surface area contributed by atoms with Crippen LogP contribution in [0.25, 0.3) is 0 Å². The van der Waals surface area contributed by atoms with Crippen molar-refractivity contribution in [2.75, 3.05) is 0 Å². The molecule has 0 bridgehead atoms. The minimum Gasteiger partial charge on any atom is -0.435 e. The van der Waals surface area contributed by atoms with E-state index in [4.69, 9.17) is 0 Å². The van der Waals surface area contributed by atoms with Gasteiger partial charge in [-0.15, -0.1) is 0 Å².